The molecule has 0 fully saturated rings. The standard InChI is InChI=1S/C19H21N3O3/c1-24-16-8-9-17(25-2)14(12-16)13-19(23)22-18(20)10-11-21-15-6-4-3-5-7-15/h3-12,21H,13H2,1-2H3,(H2,20,22,23)/b11-10-. The molecule has 0 saturated heterocycles. The van der Waals surface area contributed by atoms with Gasteiger partial charge in [-0.25, -0.2) is 0 Å². The van der Waals surface area contributed by atoms with Crippen LogP contribution in [0.4, 0.5) is 5.69 Å². The van der Waals surface area contributed by atoms with Gasteiger partial charge in [0, 0.05) is 17.5 Å². The summed E-state index contributed by atoms with van der Waals surface area (Å²) in [6, 6.07) is 14.8. The highest BCUT2D eigenvalue weighted by Crippen LogP contribution is 2.24. The highest BCUT2D eigenvalue weighted by Gasteiger charge is 2.10. The number of ether oxygens (including phenoxy) is 2. The third kappa shape index (κ3) is 5.69. The van der Waals surface area contributed by atoms with Crippen LogP contribution < -0.4 is 20.5 Å². The number of rotatable bonds is 7. The number of aliphatic imine (C=N–C) groups is 1. The van der Waals surface area contributed by atoms with Crippen LogP contribution in [0.25, 0.3) is 0 Å². The van der Waals surface area contributed by atoms with Crippen LogP contribution in [0, 0.1) is 0 Å². The number of hydrogen-bond donors (Lipinski definition) is 2. The second-order valence-electron chi connectivity index (χ2n) is 5.13. The van der Waals surface area contributed by atoms with Gasteiger partial charge >= 0.3 is 0 Å². The van der Waals surface area contributed by atoms with Crippen molar-refractivity contribution in [1.82, 2.24) is 0 Å². The van der Waals surface area contributed by atoms with Gasteiger partial charge in [0.1, 0.15) is 17.3 Å². The van der Waals surface area contributed by atoms with E-state index in [4.69, 9.17) is 15.2 Å². The molecule has 25 heavy (non-hydrogen) atoms. The fraction of sp³-hybridized carbons (Fsp3) is 0.158. The minimum atomic E-state index is -0.367. The van der Waals surface area contributed by atoms with Crippen LogP contribution in [0.3, 0.4) is 0 Å². The van der Waals surface area contributed by atoms with Crippen molar-refractivity contribution >= 4 is 17.4 Å². The predicted octanol–water partition coefficient (Wildman–Crippen LogP) is 2.76. The number of nitrogens with zero attached hydrogens (tertiary/aromatic N) is 1. The lowest BCUT2D eigenvalue weighted by Gasteiger charge is -2.08. The summed E-state index contributed by atoms with van der Waals surface area (Å²) in [7, 11) is 3.11. The Morgan fingerprint density at radius 1 is 1.16 bits per heavy atom. The van der Waals surface area contributed by atoms with Crippen molar-refractivity contribution in [2.75, 3.05) is 19.5 Å². The lowest BCUT2D eigenvalue weighted by molar-refractivity contribution is -0.117. The molecule has 0 unspecified atom stereocenters. The van der Waals surface area contributed by atoms with Crippen molar-refractivity contribution in [2.24, 2.45) is 10.7 Å². The lowest BCUT2D eigenvalue weighted by atomic mass is 10.1. The fourth-order valence-corrected chi connectivity index (χ4v) is 2.16. The summed E-state index contributed by atoms with van der Waals surface area (Å²) in [5, 5.41) is 3.04. The summed E-state index contributed by atoms with van der Waals surface area (Å²) in [6.45, 7) is 0. The number of hydrogen-bond acceptors (Lipinski definition) is 4. The first-order valence-corrected chi connectivity index (χ1v) is 7.68. The number of anilines is 1. The molecule has 2 aromatic rings. The molecule has 1 amide bonds. The normalized spacial score (nSPS) is 11.4. The third-order valence-electron chi connectivity index (χ3n) is 3.36. The molecule has 0 aliphatic carbocycles. The zero-order chi connectivity index (χ0) is 18.1. The van der Waals surface area contributed by atoms with Crippen LogP contribution in [0.5, 0.6) is 11.5 Å². The number of benzene rings is 2. The van der Waals surface area contributed by atoms with Crippen molar-refractivity contribution in [3.63, 3.8) is 0 Å². The molecule has 0 aliphatic rings. The van der Waals surface area contributed by atoms with Gasteiger partial charge < -0.3 is 20.5 Å². The van der Waals surface area contributed by atoms with Crippen LogP contribution in [0.2, 0.25) is 0 Å². The highest BCUT2D eigenvalue weighted by molar-refractivity contribution is 6.00. The molecule has 0 aliphatic heterocycles. The van der Waals surface area contributed by atoms with E-state index in [-0.39, 0.29) is 18.2 Å². The quantitative estimate of drug-likeness (QED) is 0.598. The number of methoxy groups -OCH3 is 2. The zero-order valence-corrected chi connectivity index (χ0v) is 14.2. The average Bonchev–Trinajstić information content (AvgIpc) is 2.62. The maximum Gasteiger partial charge on any atom is 0.252 e. The van der Waals surface area contributed by atoms with Gasteiger partial charge in [-0.1, -0.05) is 18.2 Å². The van der Waals surface area contributed by atoms with E-state index >= 15 is 0 Å². The molecule has 130 valence electrons. The first kappa shape index (κ1) is 18.1. The second kappa shape index (κ2) is 9.12. The molecule has 0 atom stereocenters. The van der Waals surface area contributed by atoms with Crippen molar-refractivity contribution in [2.45, 2.75) is 6.42 Å². The van der Waals surface area contributed by atoms with Gasteiger partial charge in [-0.2, -0.15) is 4.99 Å². The Bertz CT molecular complexity index is 771. The van der Waals surface area contributed by atoms with Crippen molar-refractivity contribution in [3.05, 3.63) is 66.4 Å². The number of nitrogens with one attached hydrogen (secondary N) is 1. The summed E-state index contributed by atoms with van der Waals surface area (Å²) >= 11 is 0. The number of nitrogens with two attached hydrogens (primary N) is 1. The Balaban J connectivity index is 1.99. The zero-order valence-electron chi connectivity index (χ0n) is 14.2. The van der Waals surface area contributed by atoms with Gasteiger partial charge in [0.25, 0.3) is 5.91 Å². The summed E-state index contributed by atoms with van der Waals surface area (Å²) in [5.74, 6) is 1.00. The molecule has 0 aromatic heterocycles. The van der Waals surface area contributed by atoms with Gasteiger partial charge in [-0.05, 0) is 36.4 Å². The van der Waals surface area contributed by atoms with Crippen LogP contribution in [0.15, 0.2) is 65.8 Å². The number of para-hydroxylation sites is 1. The van der Waals surface area contributed by atoms with Crippen LogP contribution >= 0.6 is 0 Å². The Hall–Kier alpha value is -3.28. The van der Waals surface area contributed by atoms with Crippen LogP contribution in [-0.2, 0) is 11.2 Å². The molecule has 2 aromatic carbocycles. The number of carbonyl (C=O) groups is 1. The van der Waals surface area contributed by atoms with E-state index in [1.807, 2.05) is 30.3 Å². The molecule has 0 radical (unpaired) electrons. The van der Waals surface area contributed by atoms with Gasteiger partial charge in [0.05, 0.1) is 20.6 Å². The molecular weight excluding hydrogens is 318 g/mol. The van der Waals surface area contributed by atoms with E-state index in [1.165, 1.54) is 6.08 Å². The van der Waals surface area contributed by atoms with E-state index in [2.05, 4.69) is 10.3 Å². The summed E-state index contributed by atoms with van der Waals surface area (Å²) < 4.78 is 10.4. The Kier molecular flexibility index (Phi) is 6.59. The Labute approximate surface area is 147 Å². The highest BCUT2D eigenvalue weighted by atomic mass is 16.5. The minimum Gasteiger partial charge on any atom is -0.497 e. The van der Waals surface area contributed by atoms with Crippen LogP contribution in [0.1, 0.15) is 5.56 Å². The van der Waals surface area contributed by atoms with Crippen molar-refractivity contribution in [3.8, 4) is 11.5 Å². The average molecular weight is 339 g/mol. The first-order valence-electron chi connectivity index (χ1n) is 7.68. The minimum absolute atomic E-state index is 0.0705. The Morgan fingerprint density at radius 3 is 2.60 bits per heavy atom. The van der Waals surface area contributed by atoms with Gasteiger partial charge in [0.2, 0.25) is 0 Å². The topological polar surface area (TPSA) is 85.9 Å². The molecule has 3 N–H and O–H groups in total. The van der Waals surface area contributed by atoms with Crippen molar-refractivity contribution < 1.29 is 14.3 Å². The fourth-order valence-electron chi connectivity index (χ4n) is 2.16. The Morgan fingerprint density at radius 2 is 1.92 bits per heavy atom. The third-order valence-corrected chi connectivity index (χ3v) is 3.36. The molecule has 0 saturated carbocycles. The van der Waals surface area contributed by atoms with Gasteiger partial charge in [-0.15, -0.1) is 0 Å². The van der Waals surface area contributed by atoms with Gasteiger partial charge in [0.15, 0.2) is 0 Å². The predicted molar refractivity (Wildman–Crippen MR) is 99.1 cm³/mol. The monoisotopic (exact) mass is 339 g/mol. The van der Waals surface area contributed by atoms with Crippen molar-refractivity contribution in [1.29, 1.82) is 0 Å². The van der Waals surface area contributed by atoms with Crippen LogP contribution in [-0.4, -0.2) is 26.0 Å². The summed E-state index contributed by atoms with van der Waals surface area (Å²) in [5.41, 5.74) is 7.37. The molecule has 0 heterocycles. The smallest absolute Gasteiger partial charge is 0.252 e. The molecule has 0 spiro atoms. The SMILES string of the molecule is COc1ccc(OC)c(CC(=O)N=C(N)/C=C\Nc2ccccc2)c1. The molecule has 6 nitrogen and oxygen atoms in total. The van der Waals surface area contributed by atoms with E-state index in [1.54, 1.807) is 38.6 Å². The second-order valence-corrected chi connectivity index (χ2v) is 5.13. The van der Waals surface area contributed by atoms with E-state index < -0.39 is 0 Å². The van der Waals surface area contributed by atoms with E-state index in [0.29, 0.717) is 17.1 Å². The van der Waals surface area contributed by atoms with E-state index in [0.717, 1.165) is 5.69 Å². The largest absolute Gasteiger partial charge is 0.497 e. The maximum atomic E-state index is 12.1. The first-order chi connectivity index (χ1) is 12.1. The molecular formula is C19H21N3O3. The van der Waals surface area contributed by atoms with E-state index in [9.17, 15) is 4.79 Å². The van der Waals surface area contributed by atoms with Gasteiger partial charge in [-0.3, -0.25) is 4.79 Å². The number of amides is 1. The molecule has 6 heteroatoms. The number of carbonyl (C=O) groups excluding carboxylic acids is 1. The summed E-state index contributed by atoms with van der Waals surface area (Å²) in [4.78, 5) is 16.0. The molecule has 0 bridgehead atoms. The molecule has 2 rings (SSSR count). The number of amidine groups is 1. The lowest BCUT2D eigenvalue weighted by Crippen LogP contribution is -2.13. The maximum absolute atomic E-state index is 12.1. The summed E-state index contributed by atoms with van der Waals surface area (Å²) in [6.07, 6.45) is 3.24.